The highest BCUT2D eigenvalue weighted by Gasteiger charge is 2.54. The lowest BCUT2D eigenvalue weighted by Crippen LogP contribution is -2.55. The Kier molecular flexibility index (Phi) is 4.43. The smallest absolute Gasteiger partial charge is 0.362 e. The average molecular weight is 387 g/mol. The first-order chi connectivity index (χ1) is 12.4. The van der Waals surface area contributed by atoms with E-state index in [2.05, 4.69) is 15.0 Å². The quantitative estimate of drug-likeness (QED) is 0.464. The second kappa shape index (κ2) is 6.50. The summed E-state index contributed by atoms with van der Waals surface area (Å²) in [6, 6.07) is 0. The van der Waals surface area contributed by atoms with Crippen molar-refractivity contribution in [1.29, 1.82) is 0 Å². The molecule has 0 spiro atoms. The molecule has 0 aromatic carbocycles. The number of rotatable bonds is 2. The van der Waals surface area contributed by atoms with Gasteiger partial charge in [0.2, 0.25) is 0 Å². The van der Waals surface area contributed by atoms with Gasteiger partial charge in [0.15, 0.2) is 23.5 Å². The van der Waals surface area contributed by atoms with Crippen molar-refractivity contribution in [2.75, 3.05) is 18.9 Å². The fraction of sp³-hybridized carbons (Fsp3) is 0.615. The molecule has 0 amide bonds. The molecular weight excluding hydrogens is 369 g/mol. The number of nitrogens with zero attached hydrogens (tertiary/aromatic N) is 4. The van der Waals surface area contributed by atoms with Gasteiger partial charge in [0.25, 0.3) is 0 Å². The maximum Gasteiger partial charge on any atom is 0.362 e. The number of fused-ring (bicyclic) bond motifs is 1. The van der Waals surface area contributed by atoms with E-state index in [1.807, 2.05) is 0 Å². The minimum Gasteiger partial charge on any atom is -0.387 e. The van der Waals surface area contributed by atoms with Gasteiger partial charge < -0.3 is 34.8 Å². The van der Waals surface area contributed by atoms with E-state index < -0.39 is 38.0 Å². The number of anilines is 1. The number of nitrogen functional groups attached to an aromatic ring is 1. The molecule has 0 saturated carbocycles. The SMILES string of the molecule is Nc1ncnc2c1ncn2[C@@H]1OC(P2(=O)OCCCO2)[C@@H](O)[C@@H](O)[C@@H]1O. The number of hydrogen-bond acceptors (Lipinski definition) is 11. The molecule has 2 fully saturated rings. The summed E-state index contributed by atoms with van der Waals surface area (Å²) >= 11 is 0. The van der Waals surface area contributed by atoms with Gasteiger partial charge in [-0.25, -0.2) is 15.0 Å². The van der Waals surface area contributed by atoms with Gasteiger partial charge in [0.1, 0.15) is 30.2 Å². The van der Waals surface area contributed by atoms with Crippen LogP contribution < -0.4 is 5.73 Å². The Morgan fingerprint density at radius 1 is 1.12 bits per heavy atom. The second-order valence-corrected chi connectivity index (χ2v) is 8.14. The molecule has 142 valence electrons. The summed E-state index contributed by atoms with van der Waals surface area (Å²) in [4.78, 5) is 12.0. The van der Waals surface area contributed by atoms with Crippen LogP contribution in [0, 0.1) is 0 Å². The van der Waals surface area contributed by atoms with E-state index in [-0.39, 0.29) is 30.2 Å². The number of imidazole rings is 1. The van der Waals surface area contributed by atoms with Crippen LogP contribution in [0.1, 0.15) is 12.6 Å². The Labute approximate surface area is 147 Å². The van der Waals surface area contributed by atoms with Gasteiger partial charge in [-0.3, -0.25) is 9.13 Å². The van der Waals surface area contributed by atoms with Gasteiger partial charge in [0, 0.05) is 0 Å². The zero-order chi connectivity index (χ0) is 18.5. The van der Waals surface area contributed by atoms with E-state index in [9.17, 15) is 19.9 Å². The second-order valence-electron chi connectivity index (χ2n) is 6.03. The van der Waals surface area contributed by atoms with Crippen molar-refractivity contribution in [2.24, 2.45) is 0 Å². The van der Waals surface area contributed by atoms with Crippen molar-refractivity contribution < 1.29 is 33.7 Å². The first-order valence-corrected chi connectivity index (χ1v) is 9.55. The van der Waals surface area contributed by atoms with Gasteiger partial charge in [-0.1, -0.05) is 0 Å². The van der Waals surface area contributed by atoms with Gasteiger partial charge in [-0.05, 0) is 6.42 Å². The molecule has 2 saturated heterocycles. The first-order valence-electron chi connectivity index (χ1n) is 7.94. The first kappa shape index (κ1) is 17.7. The highest BCUT2D eigenvalue weighted by atomic mass is 31.2. The summed E-state index contributed by atoms with van der Waals surface area (Å²) in [7, 11) is -3.85. The van der Waals surface area contributed by atoms with Crippen molar-refractivity contribution in [3.8, 4) is 0 Å². The Morgan fingerprint density at radius 2 is 1.85 bits per heavy atom. The summed E-state index contributed by atoms with van der Waals surface area (Å²) in [5, 5.41) is 30.9. The van der Waals surface area contributed by atoms with E-state index in [0.29, 0.717) is 6.42 Å². The molecule has 2 aliphatic heterocycles. The van der Waals surface area contributed by atoms with E-state index in [4.69, 9.17) is 19.5 Å². The third kappa shape index (κ3) is 2.70. The third-order valence-corrected chi connectivity index (χ3v) is 6.50. The lowest BCUT2D eigenvalue weighted by atomic mass is 10.0. The van der Waals surface area contributed by atoms with Crippen molar-refractivity contribution in [3.05, 3.63) is 12.7 Å². The van der Waals surface area contributed by atoms with Crippen LogP contribution in [0.25, 0.3) is 11.2 Å². The highest BCUT2D eigenvalue weighted by Crippen LogP contribution is 2.59. The summed E-state index contributed by atoms with van der Waals surface area (Å²) < 4.78 is 30.3. The molecule has 2 aromatic rings. The van der Waals surface area contributed by atoms with Crippen LogP contribution in [-0.4, -0.2) is 72.2 Å². The molecule has 5 atom stereocenters. The lowest BCUT2D eigenvalue weighted by molar-refractivity contribution is -0.228. The monoisotopic (exact) mass is 387 g/mol. The molecule has 0 bridgehead atoms. The maximum atomic E-state index is 12.9. The summed E-state index contributed by atoms with van der Waals surface area (Å²) in [5.41, 5.74) is 6.26. The molecule has 0 aliphatic carbocycles. The predicted molar refractivity (Wildman–Crippen MR) is 85.8 cm³/mol. The van der Waals surface area contributed by atoms with Crippen molar-refractivity contribution in [3.63, 3.8) is 0 Å². The molecule has 5 N–H and O–H groups in total. The largest absolute Gasteiger partial charge is 0.387 e. The lowest BCUT2D eigenvalue weighted by Gasteiger charge is -2.43. The van der Waals surface area contributed by atoms with E-state index in [0.717, 1.165) is 0 Å². The Balaban J connectivity index is 1.73. The standard InChI is InChI=1S/C13H18N5O7P/c14-10-6-11(16-4-15-10)18(5-17-6)12-8(20)7(19)9(21)13(25-12)26(22)23-2-1-3-24-26/h4-5,7-9,12-13,19-21H,1-3H2,(H2,14,15,16)/t7-,8-,9-,12+,13?/m0/s1. The van der Waals surface area contributed by atoms with Gasteiger partial charge >= 0.3 is 7.60 Å². The molecule has 4 rings (SSSR count). The number of nitrogens with two attached hydrogens (primary N) is 1. The van der Waals surface area contributed by atoms with Crippen LogP contribution in [0.2, 0.25) is 0 Å². The van der Waals surface area contributed by atoms with Crippen LogP contribution in [-0.2, 0) is 18.3 Å². The van der Waals surface area contributed by atoms with Gasteiger partial charge in [-0.15, -0.1) is 0 Å². The fourth-order valence-electron chi connectivity index (χ4n) is 3.02. The van der Waals surface area contributed by atoms with Crippen molar-refractivity contribution in [2.45, 2.75) is 36.8 Å². The topological polar surface area (TPSA) is 175 Å². The number of aliphatic hydroxyl groups is 3. The maximum absolute atomic E-state index is 12.9. The van der Waals surface area contributed by atoms with Crippen LogP contribution in [0.3, 0.4) is 0 Å². The molecular formula is C13H18N5O7P. The molecule has 2 aromatic heterocycles. The molecule has 4 heterocycles. The zero-order valence-corrected chi connectivity index (χ0v) is 14.3. The number of aliphatic hydroxyl groups excluding tert-OH is 3. The minimum atomic E-state index is -3.85. The van der Waals surface area contributed by atoms with Crippen LogP contribution >= 0.6 is 7.60 Å². The van der Waals surface area contributed by atoms with Crippen molar-refractivity contribution >= 4 is 24.6 Å². The van der Waals surface area contributed by atoms with E-state index in [1.54, 1.807) is 0 Å². The van der Waals surface area contributed by atoms with Crippen LogP contribution in [0.5, 0.6) is 0 Å². The minimum absolute atomic E-state index is 0.128. The number of hydrogen-bond donors (Lipinski definition) is 4. The molecule has 1 unspecified atom stereocenters. The molecule has 2 aliphatic rings. The zero-order valence-electron chi connectivity index (χ0n) is 13.5. The third-order valence-electron chi connectivity index (χ3n) is 4.37. The number of ether oxygens (including phenoxy) is 1. The number of aromatic nitrogens is 4. The van der Waals surface area contributed by atoms with Crippen molar-refractivity contribution in [1.82, 2.24) is 19.5 Å². The van der Waals surface area contributed by atoms with E-state index in [1.165, 1.54) is 17.2 Å². The molecule has 0 radical (unpaired) electrons. The summed E-state index contributed by atoms with van der Waals surface area (Å²) in [5.74, 6) is -1.36. The molecule has 13 heteroatoms. The Hall–Kier alpha value is -1.66. The van der Waals surface area contributed by atoms with Crippen LogP contribution in [0.4, 0.5) is 5.82 Å². The normalized spacial score (nSPS) is 34.8. The summed E-state index contributed by atoms with van der Waals surface area (Å²) in [6.07, 6.45) is -3.07. The van der Waals surface area contributed by atoms with E-state index >= 15 is 0 Å². The predicted octanol–water partition coefficient (Wildman–Crippen LogP) is -1.02. The molecule has 12 nitrogen and oxygen atoms in total. The highest BCUT2D eigenvalue weighted by molar-refractivity contribution is 7.54. The fourth-order valence-corrected chi connectivity index (χ4v) is 4.98. The Bertz CT molecular complexity index is 853. The Morgan fingerprint density at radius 3 is 2.58 bits per heavy atom. The average Bonchev–Trinajstić information content (AvgIpc) is 3.06. The molecule has 26 heavy (non-hydrogen) atoms. The van der Waals surface area contributed by atoms with Gasteiger partial charge in [0.05, 0.1) is 19.5 Å². The van der Waals surface area contributed by atoms with Gasteiger partial charge in [-0.2, -0.15) is 0 Å². The van der Waals surface area contributed by atoms with Crippen LogP contribution in [0.15, 0.2) is 12.7 Å². The summed E-state index contributed by atoms with van der Waals surface area (Å²) in [6.45, 7) is 0.343.